The molecule has 112 valence electrons. The van der Waals surface area contributed by atoms with E-state index in [9.17, 15) is 14.7 Å². The molecule has 0 atom stereocenters. The van der Waals surface area contributed by atoms with Gasteiger partial charge in [0.25, 0.3) is 10.8 Å². The number of aromatic hydroxyl groups is 1. The number of aromatic amines is 1. The first-order valence-electron chi connectivity index (χ1n) is 6.34. The highest BCUT2D eigenvalue weighted by molar-refractivity contribution is 7.95. The molecule has 1 aromatic heterocycles. The van der Waals surface area contributed by atoms with Crippen molar-refractivity contribution in [2.24, 2.45) is 0 Å². The number of hydrogen-bond donors (Lipinski definition) is 2. The summed E-state index contributed by atoms with van der Waals surface area (Å²) in [5, 5.41) is 10.3. The SMILES string of the molecule is CCOc1ccc(-n2c(O)c([S+](C)C)c(=O)[nH]c2=O)cc1. The van der Waals surface area contributed by atoms with Crippen LogP contribution in [0.4, 0.5) is 0 Å². The van der Waals surface area contributed by atoms with E-state index in [1.54, 1.807) is 36.8 Å². The van der Waals surface area contributed by atoms with Gasteiger partial charge in [0.15, 0.2) is 0 Å². The fourth-order valence-corrected chi connectivity index (χ4v) is 2.85. The maximum absolute atomic E-state index is 12.0. The highest BCUT2D eigenvalue weighted by Crippen LogP contribution is 2.21. The van der Waals surface area contributed by atoms with Gasteiger partial charge in [-0.15, -0.1) is 0 Å². The number of nitrogens with one attached hydrogen (secondary N) is 1. The molecule has 0 spiro atoms. The predicted octanol–water partition coefficient (Wildman–Crippen LogP) is 0.867. The summed E-state index contributed by atoms with van der Waals surface area (Å²) in [5.74, 6) is 0.352. The first-order valence-corrected chi connectivity index (χ1v) is 8.39. The van der Waals surface area contributed by atoms with Crippen LogP contribution in [0, 0.1) is 0 Å². The lowest BCUT2D eigenvalue weighted by Gasteiger charge is -2.10. The van der Waals surface area contributed by atoms with Gasteiger partial charge in [0.2, 0.25) is 0 Å². The largest absolute Gasteiger partial charge is 0.494 e. The second kappa shape index (κ2) is 6.09. The summed E-state index contributed by atoms with van der Waals surface area (Å²) in [6, 6.07) is 6.70. The van der Waals surface area contributed by atoms with Crippen molar-refractivity contribution in [1.29, 1.82) is 0 Å². The Kier molecular flexibility index (Phi) is 4.42. The van der Waals surface area contributed by atoms with E-state index < -0.39 is 22.1 Å². The average Bonchev–Trinajstić information content (AvgIpc) is 2.40. The van der Waals surface area contributed by atoms with Gasteiger partial charge >= 0.3 is 11.2 Å². The minimum Gasteiger partial charge on any atom is -0.494 e. The van der Waals surface area contributed by atoms with E-state index >= 15 is 0 Å². The quantitative estimate of drug-likeness (QED) is 0.821. The number of hydrogen-bond acceptors (Lipinski definition) is 4. The van der Waals surface area contributed by atoms with E-state index in [1.807, 2.05) is 6.92 Å². The van der Waals surface area contributed by atoms with E-state index in [-0.39, 0.29) is 10.8 Å². The van der Waals surface area contributed by atoms with E-state index in [4.69, 9.17) is 4.74 Å². The minimum atomic E-state index is -0.671. The van der Waals surface area contributed by atoms with Crippen LogP contribution in [0.15, 0.2) is 38.8 Å². The van der Waals surface area contributed by atoms with Crippen LogP contribution in [0.1, 0.15) is 6.92 Å². The highest BCUT2D eigenvalue weighted by atomic mass is 32.2. The van der Waals surface area contributed by atoms with Crippen LogP contribution >= 0.6 is 0 Å². The Balaban J connectivity index is 2.61. The van der Waals surface area contributed by atoms with Crippen LogP contribution in [-0.4, -0.2) is 33.8 Å². The van der Waals surface area contributed by atoms with Crippen molar-refractivity contribution in [3.05, 3.63) is 45.1 Å². The molecule has 21 heavy (non-hydrogen) atoms. The lowest BCUT2D eigenvalue weighted by molar-refractivity contribution is 0.340. The van der Waals surface area contributed by atoms with E-state index in [2.05, 4.69) is 4.98 Å². The van der Waals surface area contributed by atoms with Crippen LogP contribution in [0.5, 0.6) is 11.6 Å². The molecule has 0 saturated carbocycles. The topological polar surface area (TPSA) is 84.3 Å². The van der Waals surface area contributed by atoms with Crippen molar-refractivity contribution < 1.29 is 9.84 Å². The van der Waals surface area contributed by atoms with Gasteiger partial charge in [0, 0.05) is 10.9 Å². The van der Waals surface area contributed by atoms with E-state index in [1.165, 1.54) is 0 Å². The third-order valence-electron chi connectivity index (χ3n) is 2.86. The summed E-state index contributed by atoms with van der Waals surface area (Å²) in [7, 11) is -0.480. The molecule has 0 aliphatic heterocycles. The summed E-state index contributed by atoms with van der Waals surface area (Å²) in [6.45, 7) is 2.42. The smallest absolute Gasteiger partial charge is 0.336 e. The molecule has 0 bridgehead atoms. The standard InChI is InChI=1S/C14H16N2O4S/c1-4-20-10-7-5-9(6-8-10)16-13(18)11(21(2)3)12(17)15-14(16)19/h5-8H,4H2,1-3H3,(H-,15,17,18,19)/p+1. The molecule has 2 rings (SSSR count). The van der Waals surface area contributed by atoms with E-state index in [0.717, 1.165) is 4.57 Å². The number of aromatic nitrogens is 2. The highest BCUT2D eigenvalue weighted by Gasteiger charge is 2.25. The second-order valence-corrected chi connectivity index (χ2v) is 6.53. The molecular formula is C14H17N2O4S+. The molecule has 0 unspecified atom stereocenters. The van der Waals surface area contributed by atoms with E-state index in [0.29, 0.717) is 18.0 Å². The molecular weight excluding hydrogens is 292 g/mol. The lowest BCUT2D eigenvalue weighted by Crippen LogP contribution is -2.32. The first-order chi connectivity index (χ1) is 9.95. The zero-order valence-electron chi connectivity index (χ0n) is 12.0. The third-order valence-corrected chi connectivity index (χ3v) is 4.04. The maximum Gasteiger partial charge on any atom is 0.336 e. The van der Waals surface area contributed by atoms with Crippen LogP contribution in [0.3, 0.4) is 0 Å². The zero-order chi connectivity index (χ0) is 15.6. The molecule has 0 aliphatic rings. The summed E-state index contributed by atoms with van der Waals surface area (Å²) in [4.78, 5) is 26.2. The van der Waals surface area contributed by atoms with Crippen molar-refractivity contribution in [2.45, 2.75) is 11.8 Å². The predicted molar refractivity (Wildman–Crippen MR) is 83.0 cm³/mol. The van der Waals surface area contributed by atoms with Crippen LogP contribution in [0.2, 0.25) is 0 Å². The van der Waals surface area contributed by atoms with Crippen molar-refractivity contribution in [3.63, 3.8) is 0 Å². The van der Waals surface area contributed by atoms with Gasteiger partial charge in [-0.1, -0.05) is 0 Å². The van der Waals surface area contributed by atoms with Crippen LogP contribution < -0.4 is 16.0 Å². The Hall–Kier alpha value is -2.15. The van der Waals surface area contributed by atoms with Crippen molar-refractivity contribution in [1.82, 2.24) is 9.55 Å². The molecule has 6 nitrogen and oxygen atoms in total. The normalized spacial score (nSPS) is 10.9. The van der Waals surface area contributed by atoms with Crippen molar-refractivity contribution in [3.8, 4) is 17.3 Å². The zero-order valence-corrected chi connectivity index (χ0v) is 12.9. The van der Waals surface area contributed by atoms with Crippen LogP contribution in [0.25, 0.3) is 5.69 Å². The Labute approximate surface area is 124 Å². The molecule has 2 aromatic rings. The van der Waals surface area contributed by atoms with Crippen molar-refractivity contribution in [2.75, 3.05) is 19.1 Å². The van der Waals surface area contributed by atoms with Gasteiger partial charge in [-0.25, -0.2) is 9.36 Å². The van der Waals surface area contributed by atoms with Crippen LogP contribution in [-0.2, 0) is 10.9 Å². The van der Waals surface area contributed by atoms with Gasteiger partial charge in [0.1, 0.15) is 18.3 Å². The minimum absolute atomic E-state index is 0.212. The molecule has 7 heteroatoms. The maximum atomic E-state index is 12.0. The number of ether oxygens (including phenoxy) is 1. The average molecular weight is 309 g/mol. The summed E-state index contributed by atoms with van der Waals surface area (Å²) in [6.07, 6.45) is 3.61. The molecule has 0 amide bonds. The molecule has 0 fully saturated rings. The molecule has 1 aromatic carbocycles. The number of nitrogens with zero attached hydrogens (tertiary/aromatic N) is 1. The fourth-order valence-electron chi connectivity index (χ4n) is 1.97. The van der Waals surface area contributed by atoms with Gasteiger partial charge in [-0.05, 0) is 31.2 Å². The number of benzene rings is 1. The summed E-state index contributed by atoms with van der Waals surface area (Å²) >= 11 is 0. The van der Waals surface area contributed by atoms with Crippen molar-refractivity contribution >= 4 is 10.9 Å². The molecule has 1 heterocycles. The number of rotatable bonds is 4. The summed E-state index contributed by atoms with van der Waals surface area (Å²) in [5.41, 5.74) is -0.757. The molecule has 0 radical (unpaired) electrons. The Morgan fingerprint density at radius 3 is 2.38 bits per heavy atom. The summed E-state index contributed by atoms with van der Waals surface area (Å²) < 4.78 is 6.41. The first kappa shape index (κ1) is 15.2. The Morgan fingerprint density at radius 1 is 1.24 bits per heavy atom. The lowest BCUT2D eigenvalue weighted by atomic mass is 10.3. The molecule has 0 saturated heterocycles. The monoisotopic (exact) mass is 309 g/mol. The molecule has 2 N–H and O–H groups in total. The van der Waals surface area contributed by atoms with Gasteiger partial charge in [-0.3, -0.25) is 9.78 Å². The second-order valence-electron chi connectivity index (χ2n) is 4.49. The Bertz CT molecular complexity index is 747. The number of H-pyrrole nitrogens is 1. The third kappa shape index (κ3) is 2.97. The van der Waals surface area contributed by atoms with Gasteiger partial charge in [-0.2, -0.15) is 0 Å². The fraction of sp³-hybridized carbons (Fsp3) is 0.286. The molecule has 0 aliphatic carbocycles. The van der Waals surface area contributed by atoms with Gasteiger partial charge in [0.05, 0.1) is 12.3 Å². The van der Waals surface area contributed by atoms with Gasteiger partial charge < -0.3 is 9.84 Å². The Morgan fingerprint density at radius 2 is 1.86 bits per heavy atom.